The van der Waals surface area contributed by atoms with Crippen LogP contribution in [0.25, 0.3) is 0 Å². The third-order valence-electron chi connectivity index (χ3n) is 6.42. The summed E-state index contributed by atoms with van der Waals surface area (Å²) in [4.78, 5) is 29.9. The third kappa shape index (κ3) is 6.56. The van der Waals surface area contributed by atoms with Crippen LogP contribution >= 0.6 is 0 Å². The van der Waals surface area contributed by atoms with Gasteiger partial charge in [-0.05, 0) is 30.7 Å². The van der Waals surface area contributed by atoms with E-state index in [4.69, 9.17) is 4.74 Å². The highest BCUT2D eigenvalue weighted by Crippen LogP contribution is 2.20. The molecule has 35 heavy (non-hydrogen) atoms. The highest BCUT2D eigenvalue weighted by Gasteiger charge is 2.22. The van der Waals surface area contributed by atoms with Crippen LogP contribution in [-0.4, -0.2) is 67.2 Å². The summed E-state index contributed by atoms with van der Waals surface area (Å²) in [6, 6.07) is 26.5. The monoisotopic (exact) mass is 472 g/mol. The van der Waals surface area contributed by atoms with E-state index in [-0.39, 0.29) is 12.4 Å². The van der Waals surface area contributed by atoms with Crippen molar-refractivity contribution in [3.63, 3.8) is 0 Å². The summed E-state index contributed by atoms with van der Waals surface area (Å²) in [5.41, 5.74) is 3.06. The van der Waals surface area contributed by atoms with Crippen molar-refractivity contribution in [2.45, 2.75) is 18.9 Å². The summed E-state index contributed by atoms with van der Waals surface area (Å²) in [7, 11) is 0. The van der Waals surface area contributed by atoms with Crippen LogP contribution in [0, 0.1) is 0 Å². The van der Waals surface area contributed by atoms with Gasteiger partial charge in [-0.3, -0.25) is 14.5 Å². The van der Waals surface area contributed by atoms with E-state index in [2.05, 4.69) is 21.9 Å². The molecule has 6 heteroatoms. The minimum atomic E-state index is -0.750. The van der Waals surface area contributed by atoms with E-state index < -0.39 is 18.0 Å². The third-order valence-corrected chi connectivity index (χ3v) is 6.42. The number of esters is 1. The lowest BCUT2D eigenvalue weighted by atomic mass is 9.96. The van der Waals surface area contributed by atoms with Crippen LogP contribution in [0.4, 0.5) is 5.69 Å². The molecule has 3 aromatic carbocycles. The largest absolute Gasteiger partial charge is 0.462 e. The van der Waals surface area contributed by atoms with Gasteiger partial charge in [-0.15, -0.1) is 0 Å². The van der Waals surface area contributed by atoms with Gasteiger partial charge in [0.15, 0.2) is 5.78 Å². The van der Waals surface area contributed by atoms with E-state index >= 15 is 0 Å². The second kappa shape index (κ2) is 11.8. The highest BCUT2D eigenvalue weighted by molar-refractivity contribution is 6.09. The zero-order valence-corrected chi connectivity index (χ0v) is 20.0. The number of carbonyl (C=O) groups excluding carboxylic acids is 2. The highest BCUT2D eigenvalue weighted by atomic mass is 16.5. The van der Waals surface area contributed by atoms with Gasteiger partial charge in [0.1, 0.15) is 12.7 Å². The molecule has 182 valence electrons. The zero-order chi connectivity index (χ0) is 24.6. The summed E-state index contributed by atoms with van der Waals surface area (Å²) in [6.07, 6.45) is -0.750. The number of nitrogens with zero attached hydrogens (tertiary/aromatic N) is 2. The van der Waals surface area contributed by atoms with Gasteiger partial charge in [0.2, 0.25) is 0 Å². The van der Waals surface area contributed by atoms with Gasteiger partial charge in [0, 0.05) is 49.5 Å². The number of para-hydroxylation sites is 1. The van der Waals surface area contributed by atoms with E-state index in [9.17, 15) is 14.7 Å². The Hall–Kier alpha value is -3.48. The number of carbonyl (C=O) groups is 2. The predicted octanol–water partition coefficient (Wildman–Crippen LogP) is 3.75. The SMILES string of the molecule is CC(C(=O)OCC(O)CN1CCN(c2ccccc2)CC1)c1cccc(C(=O)c2ccccc2)c1. The number of β-amino-alcohol motifs (C(OH)–C–C–N with tert-alkyl or cyclic N) is 1. The number of hydrogen-bond donors (Lipinski definition) is 1. The van der Waals surface area contributed by atoms with Gasteiger partial charge in [0.05, 0.1) is 5.92 Å². The van der Waals surface area contributed by atoms with Gasteiger partial charge in [-0.1, -0.05) is 66.7 Å². The number of aliphatic hydroxyl groups excluding tert-OH is 1. The Kier molecular flexibility index (Phi) is 8.29. The molecule has 0 saturated carbocycles. The predicted molar refractivity (Wildman–Crippen MR) is 137 cm³/mol. The number of piperazine rings is 1. The first-order valence-corrected chi connectivity index (χ1v) is 12.1. The topological polar surface area (TPSA) is 70.1 Å². The fraction of sp³-hybridized carbons (Fsp3) is 0.310. The molecule has 6 nitrogen and oxygen atoms in total. The lowest BCUT2D eigenvalue weighted by Crippen LogP contribution is -2.49. The van der Waals surface area contributed by atoms with Crippen molar-refractivity contribution in [3.8, 4) is 0 Å². The Morgan fingerprint density at radius 1 is 0.857 bits per heavy atom. The van der Waals surface area contributed by atoms with Gasteiger partial charge in [-0.2, -0.15) is 0 Å². The molecule has 1 fully saturated rings. The number of anilines is 1. The van der Waals surface area contributed by atoms with Crippen molar-refractivity contribution in [3.05, 3.63) is 102 Å². The lowest BCUT2D eigenvalue weighted by molar-refractivity contribution is -0.148. The fourth-order valence-corrected chi connectivity index (χ4v) is 4.32. The maximum Gasteiger partial charge on any atom is 0.313 e. The molecule has 1 N–H and O–H groups in total. The standard InChI is InChI=1S/C29H32N2O4/c1-22(24-11-8-12-25(19-24)28(33)23-9-4-2-5-10-23)29(34)35-21-27(32)20-30-15-17-31(18-16-30)26-13-6-3-7-14-26/h2-14,19,22,27,32H,15-18,20-21H2,1H3. The number of rotatable bonds is 9. The van der Waals surface area contributed by atoms with Gasteiger partial charge >= 0.3 is 5.97 Å². The van der Waals surface area contributed by atoms with Crippen molar-refractivity contribution in [1.29, 1.82) is 0 Å². The first-order chi connectivity index (χ1) is 17.0. The van der Waals surface area contributed by atoms with Crippen molar-refractivity contribution in [2.24, 2.45) is 0 Å². The Morgan fingerprint density at radius 2 is 1.49 bits per heavy atom. The molecule has 0 amide bonds. The van der Waals surface area contributed by atoms with Crippen LogP contribution < -0.4 is 4.90 Å². The molecule has 1 aliphatic heterocycles. The molecule has 0 aromatic heterocycles. The maximum atomic E-state index is 12.7. The second-order valence-electron chi connectivity index (χ2n) is 8.95. The first-order valence-electron chi connectivity index (χ1n) is 12.1. The van der Waals surface area contributed by atoms with Crippen LogP contribution in [0.2, 0.25) is 0 Å². The summed E-state index contributed by atoms with van der Waals surface area (Å²) in [6.45, 7) is 5.65. The Bertz CT molecular complexity index is 1110. The van der Waals surface area contributed by atoms with Crippen LogP contribution in [0.3, 0.4) is 0 Å². The second-order valence-corrected chi connectivity index (χ2v) is 8.95. The molecule has 0 radical (unpaired) electrons. The maximum absolute atomic E-state index is 12.7. The molecule has 0 bridgehead atoms. The zero-order valence-electron chi connectivity index (χ0n) is 20.0. The normalized spacial score (nSPS) is 15.9. The smallest absolute Gasteiger partial charge is 0.313 e. The molecule has 1 heterocycles. The van der Waals surface area contributed by atoms with Crippen LogP contribution in [0.1, 0.15) is 34.3 Å². The van der Waals surface area contributed by atoms with Crippen LogP contribution in [0.15, 0.2) is 84.9 Å². The summed E-state index contributed by atoms with van der Waals surface area (Å²) >= 11 is 0. The van der Waals surface area contributed by atoms with E-state index in [0.717, 1.165) is 26.2 Å². The molecule has 0 spiro atoms. The quantitative estimate of drug-likeness (QED) is 0.378. The number of ketones is 1. The fourth-order valence-electron chi connectivity index (χ4n) is 4.32. The molecule has 2 atom stereocenters. The van der Waals surface area contributed by atoms with Crippen molar-refractivity contribution >= 4 is 17.4 Å². The van der Waals surface area contributed by atoms with Crippen molar-refractivity contribution in [1.82, 2.24) is 4.90 Å². The van der Waals surface area contributed by atoms with Crippen molar-refractivity contribution in [2.75, 3.05) is 44.2 Å². The molecule has 4 rings (SSSR count). The number of ether oxygens (including phenoxy) is 1. The van der Waals surface area contributed by atoms with Gasteiger partial charge in [-0.25, -0.2) is 0 Å². The first kappa shape index (κ1) is 24.6. The van der Waals surface area contributed by atoms with E-state index in [1.807, 2.05) is 42.5 Å². The van der Waals surface area contributed by atoms with E-state index in [0.29, 0.717) is 23.2 Å². The van der Waals surface area contributed by atoms with Gasteiger partial charge in [0.25, 0.3) is 0 Å². The van der Waals surface area contributed by atoms with Crippen molar-refractivity contribution < 1.29 is 19.4 Å². The number of aliphatic hydroxyl groups is 1. The number of hydrogen-bond acceptors (Lipinski definition) is 6. The lowest BCUT2D eigenvalue weighted by Gasteiger charge is -2.36. The average Bonchev–Trinajstić information content (AvgIpc) is 2.92. The Balaban J connectivity index is 1.24. The summed E-state index contributed by atoms with van der Waals surface area (Å²) in [5, 5.41) is 10.5. The minimum Gasteiger partial charge on any atom is -0.462 e. The number of benzene rings is 3. The van der Waals surface area contributed by atoms with Crippen LogP contribution in [-0.2, 0) is 9.53 Å². The molecule has 1 saturated heterocycles. The molecule has 3 aromatic rings. The average molecular weight is 473 g/mol. The molecule has 2 unspecified atom stereocenters. The molecule has 1 aliphatic rings. The summed E-state index contributed by atoms with van der Waals surface area (Å²) < 4.78 is 5.43. The Labute approximate surface area is 206 Å². The minimum absolute atomic E-state index is 0.0509. The summed E-state index contributed by atoms with van der Waals surface area (Å²) in [5.74, 6) is -1.04. The molecule has 0 aliphatic carbocycles. The molecular formula is C29H32N2O4. The van der Waals surface area contributed by atoms with E-state index in [1.165, 1.54) is 5.69 Å². The van der Waals surface area contributed by atoms with Crippen LogP contribution in [0.5, 0.6) is 0 Å². The van der Waals surface area contributed by atoms with Gasteiger partial charge < -0.3 is 14.7 Å². The van der Waals surface area contributed by atoms with E-state index in [1.54, 1.807) is 37.3 Å². The Morgan fingerprint density at radius 3 is 2.17 bits per heavy atom. The molecular weight excluding hydrogens is 440 g/mol.